The smallest absolute Gasteiger partial charge is 0.199 e. The van der Waals surface area contributed by atoms with Crippen LogP contribution in [0.3, 0.4) is 0 Å². The summed E-state index contributed by atoms with van der Waals surface area (Å²) < 4.78 is 19.1. The normalized spacial score (nSPS) is 18.8. The number of likely N-dealkylation sites (tertiary alicyclic amines) is 1. The van der Waals surface area contributed by atoms with Crippen LogP contribution < -0.4 is 0 Å². The Balaban J connectivity index is 1.47. The van der Waals surface area contributed by atoms with Gasteiger partial charge in [-0.05, 0) is 42.8 Å². The third-order valence-electron chi connectivity index (χ3n) is 4.31. The Morgan fingerprint density at radius 2 is 2.04 bits per heavy atom. The summed E-state index contributed by atoms with van der Waals surface area (Å²) in [6.07, 6.45) is 1.00. The van der Waals surface area contributed by atoms with Gasteiger partial charge in [0.15, 0.2) is 11.5 Å². The predicted molar refractivity (Wildman–Crippen MR) is 88.1 cm³/mol. The molecule has 1 saturated heterocycles. The molecule has 0 saturated carbocycles. The first kappa shape index (κ1) is 14.7. The molecule has 5 heteroatoms. The van der Waals surface area contributed by atoms with Gasteiger partial charge in [0.25, 0.3) is 0 Å². The summed E-state index contributed by atoms with van der Waals surface area (Å²) in [4.78, 5) is 6.84. The van der Waals surface area contributed by atoms with E-state index in [2.05, 4.69) is 22.0 Å². The predicted octanol–water partition coefficient (Wildman–Crippen LogP) is 4.61. The minimum Gasteiger partial charge on any atom is -0.440 e. The lowest BCUT2D eigenvalue weighted by Gasteiger charge is -2.15. The lowest BCUT2D eigenvalue weighted by Crippen LogP contribution is -2.19. The molecule has 23 heavy (non-hydrogen) atoms. The molecule has 0 bridgehead atoms. The quantitative estimate of drug-likeness (QED) is 0.702. The van der Waals surface area contributed by atoms with E-state index in [1.807, 2.05) is 12.1 Å². The molecule has 0 spiro atoms. The van der Waals surface area contributed by atoms with Crippen molar-refractivity contribution in [3.05, 3.63) is 64.8 Å². The van der Waals surface area contributed by atoms with Gasteiger partial charge in [0.05, 0.1) is 0 Å². The van der Waals surface area contributed by atoms with E-state index in [4.69, 9.17) is 16.0 Å². The first-order valence-corrected chi connectivity index (χ1v) is 8.08. The molecule has 0 radical (unpaired) electrons. The Bertz CT molecular complexity index is 831. The fraction of sp³-hybridized carbons (Fsp3) is 0.278. The van der Waals surface area contributed by atoms with Gasteiger partial charge in [0.1, 0.15) is 11.3 Å². The van der Waals surface area contributed by atoms with Crippen LogP contribution in [0.5, 0.6) is 0 Å². The Hall–Kier alpha value is -1.91. The Kier molecular flexibility index (Phi) is 3.79. The van der Waals surface area contributed by atoms with Crippen molar-refractivity contribution in [1.29, 1.82) is 0 Å². The number of oxazole rings is 1. The van der Waals surface area contributed by atoms with Crippen LogP contribution in [0.15, 0.2) is 46.9 Å². The highest BCUT2D eigenvalue weighted by molar-refractivity contribution is 6.30. The van der Waals surface area contributed by atoms with E-state index in [-0.39, 0.29) is 11.7 Å². The van der Waals surface area contributed by atoms with Crippen molar-refractivity contribution in [1.82, 2.24) is 9.88 Å². The number of hydrogen-bond acceptors (Lipinski definition) is 3. The fourth-order valence-corrected chi connectivity index (χ4v) is 3.24. The summed E-state index contributed by atoms with van der Waals surface area (Å²) in [6.45, 7) is 2.79. The molecular formula is C18H16ClFN2O. The van der Waals surface area contributed by atoms with Gasteiger partial charge in [0.2, 0.25) is 0 Å². The summed E-state index contributed by atoms with van der Waals surface area (Å²) >= 11 is 5.92. The van der Waals surface area contributed by atoms with E-state index >= 15 is 0 Å². The number of halogens is 2. The number of nitrogens with zero attached hydrogens (tertiary/aromatic N) is 2. The third kappa shape index (κ3) is 3.09. The lowest BCUT2D eigenvalue weighted by atomic mass is 10.1. The maximum absolute atomic E-state index is 13.3. The molecule has 1 atom stereocenters. The van der Waals surface area contributed by atoms with Gasteiger partial charge in [0, 0.05) is 30.1 Å². The van der Waals surface area contributed by atoms with Crippen molar-refractivity contribution in [2.24, 2.45) is 0 Å². The van der Waals surface area contributed by atoms with Crippen molar-refractivity contribution in [2.45, 2.75) is 18.9 Å². The van der Waals surface area contributed by atoms with E-state index < -0.39 is 0 Å². The molecule has 2 aromatic carbocycles. The summed E-state index contributed by atoms with van der Waals surface area (Å²) in [5.74, 6) is 0.690. The van der Waals surface area contributed by atoms with Gasteiger partial charge < -0.3 is 4.42 Å². The van der Waals surface area contributed by atoms with Crippen molar-refractivity contribution >= 4 is 22.7 Å². The van der Waals surface area contributed by atoms with E-state index in [9.17, 15) is 4.39 Å². The third-order valence-corrected chi connectivity index (χ3v) is 4.56. The first-order chi connectivity index (χ1) is 11.2. The topological polar surface area (TPSA) is 29.3 Å². The Morgan fingerprint density at radius 1 is 1.22 bits per heavy atom. The van der Waals surface area contributed by atoms with Crippen LogP contribution in [0.25, 0.3) is 11.1 Å². The minimum absolute atomic E-state index is 0.262. The van der Waals surface area contributed by atoms with Crippen LogP contribution in [0.4, 0.5) is 4.39 Å². The zero-order chi connectivity index (χ0) is 15.8. The lowest BCUT2D eigenvalue weighted by molar-refractivity contribution is 0.321. The second-order valence-corrected chi connectivity index (χ2v) is 6.45. The highest BCUT2D eigenvalue weighted by atomic mass is 35.5. The van der Waals surface area contributed by atoms with Crippen LogP contribution in [-0.2, 0) is 6.54 Å². The number of hydrogen-bond donors (Lipinski definition) is 0. The van der Waals surface area contributed by atoms with E-state index in [1.165, 1.54) is 17.7 Å². The number of benzene rings is 2. The summed E-state index contributed by atoms with van der Waals surface area (Å²) in [5, 5.41) is 0.756. The second kappa shape index (κ2) is 5.95. The van der Waals surface area contributed by atoms with Crippen LogP contribution in [0.2, 0.25) is 5.02 Å². The van der Waals surface area contributed by atoms with Gasteiger partial charge in [-0.3, -0.25) is 4.90 Å². The molecule has 118 valence electrons. The number of fused-ring (bicyclic) bond motifs is 1. The van der Waals surface area contributed by atoms with E-state index in [0.717, 1.165) is 31.1 Å². The van der Waals surface area contributed by atoms with Crippen molar-refractivity contribution in [3.8, 4) is 0 Å². The second-order valence-electron chi connectivity index (χ2n) is 6.01. The van der Waals surface area contributed by atoms with Crippen LogP contribution in [0, 0.1) is 5.82 Å². The van der Waals surface area contributed by atoms with Gasteiger partial charge in [-0.2, -0.15) is 0 Å². The Morgan fingerprint density at radius 3 is 2.87 bits per heavy atom. The molecule has 3 nitrogen and oxygen atoms in total. The van der Waals surface area contributed by atoms with Crippen LogP contribution >= 0.6 is 11.6 Å². The molecule has 3 aromatic rings. The Labute approximate surface area is 138 Å². The van der Waals surface area contributed by atoms with Gasteiger partial charge in [-0.1, -0.05) is 23.7 Å². The van der Waals surface area contributed by atoms with Crippen molar-refractivity contribution in [3.63, 3.8) is 0 Å². The zero-order valence-electron chi connectivity index (χ0n) is 12.5. The minimum atomic E-state index is -0.284. The molecule has 1 aromatic heterocycles. The molecule has 0 N–H and O–H groups in total. The molecule has 1 aliphatic heterocycles. The maximum atomic E-state index is 13.3. The number of rotatable bonds is 3. The summed E-state index contributed by atoms with van der Waals surface area (Å²) in [6, 6.07) is 12.4. The molecule has 4 rings (SSSR count). The molecule has 0 amide bonds. The van der Waals surface area contributed by atoms with E-state index in [1.54, 1.807) is 6.07 Å². The average Bonchev–Trinajstić information content (AvgIpc) is 3.15. The van der Waals surface area contributed by atoms with Crippen LogP contribution in [-0.4, -0.2) is 23.0 Å². The first-order valence-electron chi connectivity index (χ1n) is 7.70. The highest BCUT2D eigenvalue weighted by Gasteiger charge is 2.27. The van der Waals surface area contributed by atoms with Gasteiger partial charge >= 0.3 is 0 Å². The van der Waals surface area contributed by atoms with Crippen molar-refractivity contribution < 1.29 is 8.81 Å². The monoisotopic (exact) mass is 330 g/mol. The SMILES string of the molecule is Fc1ccc2oc([C@H]3CCN(Cc4ccc(Cl)cc4)C3)nc2c1. The molecule has 0 aliphatic carbocycles. The fourth-order valence-electron chi connectivity index (χ4n) is 3.12. The van der Waals surface area contributed by atoms with Gasteiger partial charge in [-0.25, -0.2) is 9.37 Å². The molecular weight excluding hydrogens is 315 g/mol. The standard InChI is InChI=1S/C18H16ClFN2O/c19-14-3-1-12(2-4-14)10-22-8-7-13(11-22)18-21-16-9-15(20)5-6-17(16)23-18/h1-6,9,13H,7-8,10-11H2/t13-/m0/s1. The molecule has 1 aliphatic rings. The van der Waals surface area contributed by atoms with Crippen molar-refractivity contribution in [2.75, 3.05) is 13.1 Å². The average molecular weight is 331 g/mol. The number of aromatic nitrogens is 1. The maximum Gasteiger partial charge on any atom is 0.199 e. The zero-order valence-corrected chi connectivity index (χ0v) is 13.3. The summed E-state index contributed by atoms with van der Waals surface area (Å²) in [5.41, 5.74) is 2.49. The molecule has 0 unspecified atom stereocenters. The van der Waals surface area contributed by atoms with Gasteiger partial charge in [-0.15, -0.1) is 0 Å². The molecule has 1 fully saturated rings. The van der Waals surface area contributed by atoms with Crippen LogP contribution in [0.1, 0.15) is 23.8 Å². The summed E-state index contributed by atoms with van der Waals surface area (Å²) in [7, 11) is 0. The highest BCUT2D eigenvalue weighted by Crippen LogP contribution is 2.30. The van der Waals surface area contributed by atoms with E-state index in [0.29, 0.717) is 17.0 Å². The largest absolute Gasteiger partial charge is 0.440 e. The molecule has 2 heterocycles.